The van der Waals surface area contributed by atoms with Crippen LogP contribution in [0.3, 0.4) is 0 Å². The molecule has 0 saturated carbocycles. The van der Waals surface area contributed by atoms with E-state index in [1.54, 1.807) is 4.90 Å². The minimum absolute atomic E-state index is 0.000128. The predicted octanol–water partition coefficient (Wildman–Crippen LogP) is 2.74. The second-order valence-corrected chi connectivity index (χ2v) is 6.72. The fourth-order valence-corrected chi connectivity index (χ4v) is 2.63. The summed E-state index contributed by atoms with van der Waals surface area (Å²) in [4.78, 5) is 22.3. The van der Waals surface area contributed by atoms with Crippen LogP contribution in [0.5, 0.6) is 0 Å². The Morgan fingerprint density at radius 3 is 2.73 bits per heavy atom. The van der Waals surface area contributed by atoms with Crippen molar-refractivity contribution in [2.75, 3.05) is 19.7 Å². The van der Waals surface area contributed by atoms with E-state index in [1.807, 2.05) is 19.4 Å². The molecule has 0 aromatic carbocycles. The summed E-state index contributed by atoms with van der Waals surface area (Å²) < 4.78 is 7.16. The molecule has 0 aliphatic carbocycles. The van der Waals surface area contributed by atoms with Gasteiger partial charge >= 0.3 is 6.09 Å². The first kappa shape index (κ1) is 14.8. The normalized spacial score (nSPS) is 15.9. The fraction of sp³-hybridized carbons (Fsp3) is 0.562. The van der Waals surface area contributed by atoms with E-state index < -0.39 is 0 Å². The second-order valence-electron chi connectivity index (χ2n) is 6.72. The van der Waals surface area contributed by atoms with Crippen LogP contribution in [0.1, 0.15) is 39.4 Å². The number of nitrogens with zero attached hydrogens (tertiary/aromatic N) is 4. The van der Waals surface area contributed by atoms with Crippen LogP contribution in [0.15, 0.2) is 18.6 Å². The van der Waals surface area contributed by atoms with Crippen LogP contribution in [0.2, 0.25) is 0 Å². The lowest BCUT2D eigenvalue weighted by Gasteiger charge is -2.39. The Bertz CT molecular complexity index is 696. The zero-order valence-corrected chi connectivity index (χ0v) is 13.5. The summed E-state index contributed by atoms with van der Waals surface area (Å²) in [6, 6.07) is 2.36. The number of carbonyl (C=O) groups excluding carboxylic acids is 1. The molecule has 1 saturated heterocycles. The molecular formula is C16H22N4O2. The topological polar surface area (TPSA) is 60.2 Å². The molecule has 0 bridgehead atoms. The lowest BCUT2D eigenvalue weighted by atomic mass is 9.91. The first-order chi connectivity index (χ1) is 10.4. The van der Waals surface area contributed by atoms with Crippen molar-refractivity contribution in [3.05, 3.63) is 24.3 Å². The zero-order chi connectivity index (χ0) is 15.9. The van der Waals surface area contributed by atoms with Crippen molar-refractivity contribution in [3.8, 4) is 0 Å². The zero-order valence-electron chi connectivity index (χ0n) is 13.5. The Morgan fingerprint density at radius 2 is 2.09 bits per heavy atom. The summed E-state index contributed by atoms with van der Waals surface area (Å²) in [6.45, 7) is 10.00. The first-order valence-corrected chi connectivity index (χ1v) is 7.65. The van der Waals surface area contributed by atoms with Crippen LogP contribution < -0.4 is 0 Å². The van der Waals surface area contributed by atoms with Gasteiger partial charge < -0.3 is 14.2 Å². The Hall–Kier alpha value is -2.11. The Labute approximate surface area is 130 Å². The van der Waals surface area contributed by atoms with E-state index in [0.717, 1.165) is 16.7 Å². The van der Waals surface area contributed by atoms with Gasteiger partial charge in [-0.15, -0.1) is 0 Å². The van der Waals surface area contributed by atoms with E-state index in [0.29, 0.717) is 19.7 Å². The highest BCUT2D eigenvalue weighted by molar-refractivity contribution is 5.75. The summed E-state index contributed by atoms with van der Waals surface area (Å²) in [5, 5.41) is 0. The Balaban J connectivity index is 1.82. The number of ether oxygens (including phenoxy) is 1. The van der Waals surface area contributed by atoms with Crippen molar-refractivity contribution >= 4 is 17.1 Å². The van der Waals surface area contributed by atoms with Gasteiger partial charge in [-0.05, 0) is 13.0 Å². The highest BCUT2D eigenvalue weighted by atomic mass is 16.6. The van der Waals surface area contributed by atoms with E-state index in [4.69, 9.17) is 4.74 Å². The monoisotopic (exact) mass is 302 g/mol. The lowest BCUT2D eigenvalue weighted by molar-refractivity contribution is 0.0612. The molecule has 1 aliphatic heterocycles. The summed E-state index contributed by atoms with van der Waals surface area (Å²) in [5.74, 6) is 0. The summed E-state index contributed by atoms with van der Waals surface area (Å²) in [6.07, 6.45) is 3.43. The van der Waals surface area contributed by atoms with Gasteiger partial charge in [-0.25, -0.2) is 9.78 Å². The van der Waals surface area contributed by atoms with Crippen molar-refractivity contribution in [3.63, 3.8) is 0 Å². The van der Waals surface area contributed by atoms with Crippen LogP contribution in [-0.2, 0) is 10.2 Å². The molecule has 0 unspecified atom stereocenters. The van der Waals surface area contributed by atoms with Crippen molar-refractivity contribution in [2.45, 2.75) is 39.2 Å². The number of rotatable bonds is 2. The molecule has 3 rings (SSSR count). The minimum Gasteiger partial charge on any atom is -0.450 e. The van der Waals surface area contributed by atoms with Crippen LogP contribution >= 0.6 is 0 Å². The SMILES string of the molecule is CCOC(=O)N1CC(n2cnc3cnc(C(C)(C)C)cc32)C1. The third kappa shape index (κ3) is 2.53. The van der Waals surface area contributed by atoms with Gasteiger partial charge in [0.05, 0.1) is 30.7 Å². The number of amides is 1. The van der Waals surface area contributed by atoms with Gasteiger partial charge in [0.2, 0.25) is 0 Å². The molecular weight excluding hydrogens is 280 g/mol. The van der Waals surface area contributed by atoms with E-state index in [9.17, 15) is 4.79 Å². The van der Waals surface area contributed by atoms with E-state index in [1.165, 1.54) is 0 Å². The van der Waals surface area contributed by atoms with Gasteiger partial charge in [-0.1, -0.05) is 20.8 Å². The average Bonchev–Trinajstić information content (AvgIpc) is 2.79. The third-order valence-electron chi connectivity index (χ3n) is 4.01. The number of carbonyl (C=O) groups is 1. The lowest BCUT2D eigenvalue weighted by Crippen LogP contribution is -2.50. The van der Waals surface area contributed by atoms with Crippen molar-refractivity contribution < 1.29 is 9.53 Å². The largest absolute Gasteiger partial charge is 0.450 e. The molecule has 22 heavy (non-hydrogen) atoms. The molecule has 2 aromatic heterocycles. The summed E-state index contributed by atoms with van der Waals surface area (Å²) >= 11 is 0. The number of imidazole rings is 1. The van der Waals surface area contributed by atoms with Gasteiger partial charge in [-0.2, -0.15) is 0 Å². The summed E-state index contributed by atoms with van der Waals surface area (Å²) in [7, 11) is 0. The van der Waals surface area contributed by atoms with Gasteiger partial charge in [0.25, 0.3) is 0 Å². The predicted molar refractivity (Wildman–Crippen MR) is 83.9 cm³/mol. The molecule has 1 fully saturated rings. The number of fused-ring (bicyclic) bond motifs is 1. The van der Waals surface area contributed by atoms with Crippen LogP contribution in [-0.4, -0.2) is 45.2 Å². The van der Waals surface area contributed by atoms with E-state index in [2.05, 4.69) is 41.4 Å². The van der Waals surface area contributed by atoms with Gasteiger partial charge in [-0.3, -0.25) is 4.98 Å². The number of aromatic nitrogens is 3. The fourth-order valence-electron chi connectivity index (χ4n) is 2.63. The maximum absolute atomic E-state index is 11.7. The number of likely N-dealkylation sites (tertiary alicyclic amines) is 1. The molecule has 6 heteroatoms. The van der Waals surface area contributed by atoms with Gasteiger partial charge in [0, 0.05) is 24.2 Å². The van der Waals surface area contributed by atoms with Crippen molar-refractivity contribution in [1.29, 1.82) is 0 Å². The first-order valence-electron chi connectivity index (χ1n) is 7.65. The number of pyridine rings is 1. The number of hydrogen-bond acceptors (Lipinski definition) is 4. The number of hydrogen-bond donors (Lipinski definition) is 0. The molecule has 0 radical (unpaired) electrons. The van der Waals surface area contributed by atoms with Crippen LogP contribution in [0.25, 0.3) is 11.0 Å². The maximum Gasteiger partial charge on any atom is 0.409 e. The molecule has 6 nitrogen and oxygen atoms in total. The molecule has 0 spiro atoms. The minimum atomic E-state index is -0.236. The smallest absolute Gasteiger partial charge is 0.409 e. The molecule has 2 aromatic rings. The maximum atomic E-state index is 11.7. The van der Waals surface area contributed by atoms with E-state index in [-0.39, 0.29) is 17.6 Å². The van der Waals surface area contributed by atoms with Crippen molar-refractivity contribution in [2.24, 2.45) is 0 Å². The quantitative estimate of drug-likeness (QED) is 0.856. The Kier molecular flexibility index (Phi) is 3.54. The molecule has 1 amide bonds. The van der Waals surface area contributed by atoms with Gasteiger partial charge in [0.15, 0.2) is 0 Å². The molecule has 3 heterocycles. The van der Waals surface area contributed by atoms with E-state index >= 15 is 0 Å². The van der Waals surface area contributed by atoms with Crippen LogP contribution in [0, 0.1) is 0 Å². The highest BCUT2D eigenvalue weighted by Crippen LogP contribution is 2.28. The molecule has 118 valence electrons. The Morgan fingerprint density at radius 1 is 1.36 bits per heavy atom. The highest BCUT2D eigenvalue weighted by Gasteiger charge is 2.33. The van der Waals surface area contributed by atoms with Crippen LogP contribution in [0.4, 0.5) is 4.79 Å². The standard InChI is InChI=1S/C16H22N4O2/c1-5-22-15(21)19-8-11(9-19)20-10-18-12-7-17-14(6-13(12)20)16(2,3)4/h6-7,10-11H,5,8-9H2,1-4H3. The molecule has 1 aliphatic rings. The second kappa shape index (κ2) is 5.26. The molecule has 0 N–H and O–H groups in total. The molecule has 0 atom stereocenters. The van der Waals surface area contributed by atoms with Gasteiger partial charge in [0.1, 0.15) is 5.52 Å². The average molecular weight is 302 g/mol. The summed E-state index contributed by atoms with van der Waals surface area (Å²) in [5.41, 5.74) is 3.01. The third-order valence-corrected chi connectivity index (χ3v) is 4.01. The van der Waals surface area contributed by atoms with Crippen molar-refractivity contribution in [1.82, 2.24) is 19.4 Å².